The van der Waals surface area contributed by atoms with E-state index in [1.807, 2.05) is 0 Å². The zero-order chi connectivity index (χ0) is 15.0. The molecule has 1 aliphatic carbocycles. The fourth-order valence-electron chi connectivity index (χ4n) is 2.75. The number of ether oxygens (including phenoxy) is 1. The fraction of sp³-hybridized carbons (Fsp3) is 1.00. The molecule has 1 saturated carbocycles. The van der Waals surface area contributed by atoms with Crippen LogP contribution >= 0.6 is 0 Å². The van der Waals surface area contributed by atoms with Gasteiger partial charge in [0.1, 0.15) is 0 Å². The van der Waals surface area contributed by atoms with Crippen molar-refractivity contribution in [2.45, 2.75) is 57.5 Å². The van der Waals surface area contributed by atoms with Gasteiger partial charge in [-0.1, -0.05) is 6.92 Å². The largest absolute Gasteiger partial charge is 0.385 e. The first-order valence-corrected chi connectivity index (χ1v) is 9.30. The van der Waals surface area contributed by atoms with Crippen LogP contribution in [0.1, 0.15) is 45.4 Å². The number of hydrogen-bond acceptors (Lipinski definition) is 4. The van der Waals surface area contributed by atoms with Crippen LogP contribution in [-0.2, 0) is 14.8 Å². The van der Waals surface area contributed by atoms with Gasteiger partial charge in [0.15, 0.2) is 0 Å². The van der Waals surface area contributed by atoms with Gasteiger partial charge in [0.25, 0.3) is 0 Å². The molecule has 0 radical (unpaired) electrons. The van der Waals surface area contributed by atoms with Gasteiger partial charge in [0.05, 0.1) is 5.75 Å². The van der Waals surface area contributed by atoms with Crippen LogP contribution in [0.25, 0.3) is 0 Å². The predicted molar refractivity (Wildman–Crippen MR) is 82.4 cm³/mol. The maximum Gasteiger partial charge on any atom is 0.214 e. The molecule has 0 spiro atoms. The Morgan fingerprint density at radius 2 is 1.90 bits per heavy atom. The molecule has 6 heteroatoms. The van der Waals surface area contributed by atoms with Crippen molar-refractivity contribution in [2.24, 2.45) is 0 Å². The molecule has 0 bridgehead atoms. The highest BCUT2D eigenvalue weighted by molar-refractivity contribution is 7.89. The van der Waals surface area contributed by atoms with Gasteiger partial charge in [-0.15, -0.1) is 0 Å². The molecule has 0 amide bonds. The Hall–Kier alpha value is -0.170. The summed E-state index contributed by atoms with van der Waals surface area (Å²) in [5, 5.41) is 3.53. The van der Waals surface area contributed by atoms with Crippen molar-refractivity contribution in [1.82, 2.24) is 9.62 Å². The first kappa shape index (κ1) is 17.9. The van der Waals surface area contributed by atoms with E-state index in [1.54, 1.807) is 18.5 Å². The minimum Gasteiger partial charge on any atom is -0.385 e. The number of methoxy groups -OCH3 is 1. The summed E-state index contributed by atoms with van der Waals surface area (Å²) in [5.74, 6) is 0.186. The van der Waals surface area contributed by atoms with E-state index >= 15 is 0 Å². The molecule has 0 unspecified atom stereocenters. The zero-order valence-corrected chi connectivity index (χ0v) is 13.9. The smallest absolute Gasteiger partial charge is 0.214 e. The van der Waals surface area contributed by atoms with Crippen molar-refractivity contribution in [3.63, 3.8) is 0 Å². The van der Waals surface area contributed by atoms with E-state index in [0.717, 1.165) is 38.6 Å². The Morgan fingerprint density at radius 3 is 2.45 bits per heavy atom. The van der Waals surface area contributed by atoms with Crippen molar-refractivity contribution >= 4 is 10.0 Å². The Bertz CT molecular complexity index is 351. The van der Waals surface area contributed by atoms with E-state index < -0.39 is 10.0 Å². The molecule has 20 heavy (non-hydrogen) atoms. The van der Waals surface area contributed by atoms with Crippen molar-refractivity contribution in [2.75, 3.05) is 33.1 Å². The van der Waals surface area contributed by atoms with Crippen LogP contribution in [0.4, 0.5) is 0 Å². The number of nitrogens with zero attached hydrogens (tertiary/aromatic N) is 1. The lowest BCUT2D eigenvalue weighted by atomic mass is 9.91. The molecule has 0 aromatic carbocycles. The van der Waals surface area contributed by atoms with Gasteiger partial charge in [-0.25, -0.2) is 12.7 Å². The molecule has 0 aliphatic heterocycles. The molecule has 0 heterocycles. The second-order valence-corrected chi connectivity index (χ2v) is 7.79. The van der Waals surface area contributed by atoms with Crippen LogP contribution in [-0.4, -0.2) is 57.9 Å². The van der Waals surface area contributed by atoms with Crippen LogP contribution < -0.4 is 5.32 Å². The van der Waals surface area contributed by atoms with E-state index in [4.69, 9.17) is 4.74 Å². The summed E-state index contributed by atoms with van der Waals surface area (Å²) in [7, 11) is 0.193. The highest BCUT2D eigenvalue weighted by atomic mass is 32.2. The maximum absolute atomic E-state index is 12.2. The first-order chi connectivity index (χ1) is 9.51. The number of hydrogen-bond donors (Lipinski definition) is 1. The molecule has 1 rings (SSSR count). The Morgan fingerprint density at radius 1 is 1.25 bits per heavy atom. The summed E-state index contributed by atoms with van der Waals surface area (Å²) in [5.41, 5.74) is 0. The molecule has 1 aliphatic rings. The second-order valence-electron chi connectivity index (χ2n) is 5.64. The maximum atomic E-state index is 12.2. The molecule has 5 nitrogen and oxygen atoms in total. The predicted octanol–water partition coefficient (Wildman–Crippen LogP) is 1.60. The second kappa shape index (κ2) is 8.97. The van der Waals surface area contributed by atoms with Gasteiger partial charge in [-0.2, -0.15) is 0 Å². The van der Waals surface area contributed by atoms with E-state index in [1.165, 1.54) is 0 Å². The number of rotatable bonds is 9. The Kier molecular flexibility index (Phi) is 8.02. The molecular formula is C14H30N2O3S. The van der Waals surface area contributed by atoms with Gasteiger partial charge in [-0.05, 0) is 45.1 Å². The Balaban J connectivity index is 2.39. The highest BCUT2D eigenvalue weighted by Crippen LogP contribution is 2.24. The molecule has 1 N–H and O–H groups in total. The Labute approximate surface area is 124 Å². The zero-order valence-electron chi connectivity index (χ0n) is 13.1. The lowest BCUT2D eigenvalue weighted by Crippen LogP contribution is -2.44. The van der Waals surface area contributed by atoms with Crippen LogP contribution in [0.3, 0.4) is 0 Å². The number of nitrogens with one attached hydrogen (secondary N) is 1. The lowest BCUT2D eigenvalue weighted by molar-refractivity contribution is 0.198. The van der Waals surface area contributed by atoms with Gasteiger partial charge in [0, 0.05) is 32.8 Å². The van der Waals surface area contributed by atoms with Crippen molar-refractivity contribution < 1.29 is 13.2 Å². The lowest BCUT2D eigenvalue weighted by Gasteiger charge is -2.34. The quantitative estimate of drug-likeness (QED) is 0.657. The summed E-state index contributed by atoms with van der Waals surface area (Å²) in [4.78, 5) is 0. The molecule has 120 valence electrons. The normalized spacial score (nSPS) is 24.2. The average Bonchev–Trinajstić information content (AvgIpc) is 2.45. The highest BCUT2D eigenvalue weighted by Gasteiger charge is 2.29. The average molecular weight is 306 g/mol. The molecule has 1 fully saturated rings. The van der Waals surface area contributed by atoms with Crippen LogP contribution in [0.2, 0.25) is 0 Å². The number of sulfonamides is 1. The van der Waals surface area contributed by atoms with Crippen LogP contribution in [0, 0.1) is 0 Å². The third-order valence-electron chi connectivity index (χ3n) is 4.08. The SMILES string of the molecule is CCCNC1CCC(N(C)S(=O)(=O)CCCOC)CC1. The first-order valence-electron chi connectivity index (χ1n) is 7.69. The minimum atomic E-state index is -3.13. The molecule has 0 aromatic rings. The molecule has 0 atom stereocenters. The summed E-state index contributed by atoms with van der Waals surface area (Å²) < 4.78 is 30.9. The third kappa shape index (κ3) is 5.68. The summed E-state index contributed by atoms with van der Waals surface area (Å²) in [6.07, 6.45) is 5.78. The van der Waals surface area contributed by atoms with E-state index in [0.29, 0.717) is 19.1 Å². The van der Waals surface area contributed by atoms with Gasteiger partial charge in [-0.3, -0.25) is 0 Å². The van der Waals surface area contributed by atoms with Crippen molar-refractivity contribution in [3.05, 3.63) is 0 Å². The van der Waals surface area contributed by atoms with E-state index in [-0.39, 0.29) is 11.8 Å². The summed E-state index contributed by atoms with van der Waals surface area (Å²) in [6, 6.07) is 0.734. The van der Waals surface area contributed by atoms with Crippen LogP contribution in [0.15, 0.2) is 0 Å². The van der Waals surface area contributed by atoms with Crippen LogP contribution in [0.5, 0.6) is 0 Å². The van der Waals surface area contributed by atoms with E-state index in [2.05, 4.69) is 12.2 Å². The van der Waals surface area contributed by atoms with Crippen molar-refractivity contribution in [1.29, 1.82) is 0 Å². The monoisotopic (exact) mass is 306 g/mol. The molecular weight excluding hydrogens is 276 g/mol. The molecule has 0 aromatic heterocycles. The van der Waals surface area contributed by atoms with Gasteiger partial charge in [0.2, 0.25) is 10.0 Å². The van der Waals surface area contributed by atoms with Crippen molar-refractivity contribution in [3.8, 4) is 0 Å². The summed E-state index contributed by atoms with van der Waals surface area (Å²) >= 11 is 0. The fourth-order valence-corrected chi connectivity index (χ4v) is 4.18. The summed E-state index contributed by atoms with van der Waals surface area (Å²) in [6.45, 7) is 3.72. The standard InChI is InChI=1S/C14H30N2O3S/c1-4-10-15-13-6-8-14(9-7-13)16(2)20(17,18)12-5-11-19-3/h13-15H,4-12H2,1-3H3. The third-order valence-corrected chi connectivity index (χ3v) is 6.06. The topological polar surface area (TPSA) is 58.6 Å². The van der Waals surface area contributed by atoms with E-state index in [9.17, 15) is 8.42 Å². The van der Waals surface area contributed by atoms with Gasteiger partial charge >= 0.3 is 0 Å². The minimum absolute atomic E-state index is 0.169. The van der Waals surface area contributed by atoms with Gasteiger partial charge < -0.3 is 10.1 Å². The molecule has 0 saturated heterocycles.